The monoisotopic (exact) mass is 180 g/mol. The van der Waals surface area contributed by atoms with Gasteiger partial charge in [0.1, 0.15) is 5.75 Å². The highest BCUT2D eigenvalue weighted by molar-refractivity contribution is 5.75. The molecule has 0 aliphatic rings. The molecular weight excluding hydrogens is 168 g/mol. The van der Waals surface area contributed by atoms with Crippen LogP contribution < -0.4 is 16.2 Å². The molecule has 0 aliphatic carbocycles. The van der Waals surface area contributed by atoms with Crippen molar-refractivity contribution in [2.75, 3.05) is 12.3 Å². The largest absolute Gasteiger partial charge is 0.484 e. The smallest absolute Gasteiger partial charge is 0.255 e. The third kappa shape index (κ3) is 2.66. The predicted molar refractivity (Wildman–Crippen MR) is 50.3 cm³/mol. The lowest BCUT2D eigenvalue weighted by atomic mass is 10.2. The van der Waals surface area contributed by atoms with Crippen LogP contribution in [-0.2, 0) is 4.79 Å². The van der Waals surface area contributed by atoms with Gasteiger partial charge in [-0.15, -0.1) is 0 Å². The van der Waals surface area contributed by atoms with Crippen LogP contribution in [0.3, 0.4) is 0 Å². The van der Waals surface area contributed by atoms with Gasteiger partial charge in [0.2, 0.25) is 0 Å². The highest BCUT2D eigenvalue weighted by Crippen LogP contribution is 2.18. The Morgan fingerprint density at radius 2 is 2.23 bits per heavy atom. The van der Waals surface area contributed by atoms with E-state index < -0.39 is 5.91 Å². The maximum absolute atomic E-state index is 10.4. The van der Waals surface area contributed by atoms with E-state index in [1.54, 1.807) is 12.1 Å². The minimum absolute atomic E-state index is 0.123. The van der Waals surface area contributed by atoms with Crippen molar-refractivity contribution >= 4 is 11.6 Å². The number of ether oxygens (including phenoxy) is 1. The zero-order valence-electron chi connectivity index (χ0n) is 7.41. The first-order chi connectivity index (χ1) is 6.09. The molecule has 0 fully saturated rings. The predicted octanol–water partition coefficient (Wildman–Crippen LogP) is 0.441. The summed E-state index contributed by atoms with van der Waals surface area (Å²) in [6.07, 6.45) is 0. The maximum atomic E-state index is 10.4. The number of carbonyl (C=O) groups is 1. The summed E-state index contributed by atoms with van der Waals surface area (Å²) in [5, 5.41) is 0. The number of carbonyl (C=O) groups excluding carboxylic acids is 1. The Morgan fingerprint density at radius 3 is 2.77 bits per heavy atom. The first-order valence-corrected chi connectivity index (χ1v) is 3.87. The van der Waals surface area contributed by atoms with Crippen molar-refractivity contribution in [2.45, 2.75) is 6.92 Å². The normalized spacial score (nSPS) is 9.62. The molecule has 0 saturated heterocycles. The summed E-state index contributed by atoms with van der Waals surface area (Å²) >= 11 is 0. The van der Waals surface area contributed by atoms with Crippen LogP contribution in [0.4, 0.5) is 5.69 Å². The number of hydrogen-bond acceptors (Lipinski definition) is 3. The number of primary amides is 1. The van der Waals surface area contributed by atoms with Gasteiger partial charge >= 0.3 is 0 Å². The van der Waals surface area contributed by atoms with E-state index in [1.165, 1.54) is 0 Å². The molecule has 0 saturated carbocycles. The van der Waals surface area contributed by atoms with E-state index in [-0.39, 0.29) is 6.61 Å². The van der Waals surface area contributed by atoms with E-state index in [2.05, 4.69) is 0 Å². The summed E-state index contributed by atoms with van der Waals surface area (Å²) in [4.78, 5) is 10.4. The van der Waals surface area contributed by atoms with Crippen molar-refractivity contribution < 1.29 is 9.53 Å². The Labute approximate surface area is 76.5 Å². The Morgan fingerprint density at radius 1 is 1.54 bits per heavy atom. The number of hydrogen-bond donors (Lipinski definition) is 2. The molecule has 0 radical (unpaired) electrons. The molecule has 0 bridgehead atoms. The SMILES string of the molecule is Cc1ccc(OCC(N)=O)cc1N. The topological polar surface area (TPSA) is 78.3 Å². The summed E-state index contributed by atoms with van der Waals surface area (Å²) < 4.78 is 5.05. The van der Waals surface area contributed by atoms with Gasteiger partial charge < -0.3 is 16.2 Å². The molecule has 4 N–H and O–H groups in total. The van der Waals surface area contributed by atoms with Crippen molar-refractivity contribution in [3.05, 3.63) is 23.8 Å². The first-order valence-electron chi connectivity index (χ1n) is 3.87. The van der Waals surface area contributed by atoms with Gasteiger partial charge in [-0.05, 0) is 18.6 Å². The number of aryl methyl sites for hydroxylation is 1. The van der Waals surface area contributed by atoms with Gasteiger partial charge in [0, 0.05) is 11.8 Å². The molecule has 0 spiro atoms. The van der Waals surface area contributed by atoms with E-state index in [0.717, 1.165) is 5.56 Å². The van der Waals surface area contributed by atoms with Crippen LogP contribution in [0, 0.1) is 6.92 Å². The highest BCUT2D eigenvalue weighted by Gasteiger charge is 1.99. The summed E-state index contributed by atoms with van der Waals surface area (Å²) in [7, 11) is 0. The number of nitrogen functional groups attached to an aromatic ring is 1. The second-order valence-corrected chi connectivity index (χ2v) is 2.77. The van der Waals surface area contributed by atoms with E-state index in [9.17, 15) is 4.79 Å². The van der Waals surface area contributed by atoms with E-state index in [0.29, 0.717) is 11.4 Å². The van der Waals surface area contributed by atoms with Gasteiger partial charge in [0.05, 0.1) is 0 Å². The number of amides is 1. The Bertz CT molecular complexity index is 323. The highest BCUT2D eigenvalue weighted by atomic mass is 16.5. The molecule has 0 atom stereocenters. The molecule has 1 rings (SSSR count). The van der Waals surface area contributed by atoms with Crippen LogP contribution in [0.1, 0.15) is 5.56 Å². The standard InChI is InChI=1S/C9H12N2O2/c1-6-2-3-7(4-8(6)10)13-5-9(11)12/h2-4H,5,10H2,1H3,(H2,11,12). The number of rotatable bonds is 3. The van der Waals surface area contributed by atoms with Crippen molar-refractivity contribution in [2.24, 2.45) is 5.73 Å². The fourth-order valence-corrected chi connectivity index (χ4v) is 0.863. The van der Waals surface area contributed by atoms with Crippen LogP contribution in [0.5, 0.6) is 5.75 Å². The van der Waals surface area contributed by atoms with E-state index >= 15 is 0 Å². The van der Waals surface area contributed by atoms with Crippen LogP contribution in [0.2, 0.25) is 0 Å². The fraction of sp³-hybridized carbons (Fsp3) is 0.222. The van der Waals surface area contributed by atoms with Crippen molar-refractivity contribution in [3.8, 4) is 5.75 Å². The molecule has 13 heavy (non-hydrogen) atoms. The van der Waals surface area contributed by atoms with Crippen molar-refractivity contribution in [1.82, 2.24) is 0 Å². The second kappa shape index (κ2) is 3.80. The molecule has 0 aliphatic heterocycles. The average molecular weight is 180 g/mol. The molecule has 0 unspecified atom stereocenters. The van der Waals surface area contributed by atoms with E-state index in [4.69, 9.17) is 16.2 Å². The summed E-state index contributed by atoms with van der Waals surface area (Å²) in [6.45, 7) is 1.77. The second-order valence-electron chi connectivity index (χ2n) is 2.77. The van der Waals surface area contributed by atoms with Crippen LogP contribution in [0.15, 0.2) is 18.2 Å². The molecule has 4 nitrogen and oxygen atoms in total. The maximum Gasteiger partial charge on any atom is 0.255 e. The summed E-state index contributed by atoms with van der Waals surface area (Å²) in [5.74, 6) is 0.0565. The van der Waals surface area contributed by atoms with Crippen LogP contribution in [-0.4, -0.2) is 12.5 Å². The van der Waals surface area contributed by atoms with Crippen molar-refractivity contribution in [1.29, 1.82) is 0 Å². The van der Waals surface area contributed by atoms with Gasteiger partial charge in [0.25, 0.3) is 5.91 Å². The Hall–Kier alpha value is -1.71. The third-order valence-electron chi connectivity index (χ3n) is 1.63. The zero-order chi connectivity index (χ0) is 9.84. The van der Waals surface area contributed by atoms with Gasteiger partial charge in [-0.3, -0.25) is 4.79 Å². The Balaban J connectivity index is 2.68. The lowest BCUT2D eigenvalue weighted by Gasteiger charge is -2.05. The summed E-state index contributed by atoms with van der Waals surface area (Å²) in [6, 6.07) is 5.23. The molecule has 1 aromatic rings. The van der Waals surface area contributed by atoms with Crippen LogP contribution in [0.25, 0.3) is 0 Å². The number of nitrogens with two attached hydrogens (primary N) is 2. The lowest BCUT2D eigenvalue weighted by Crippen LogP contribution is -2.20. The van der Waals surface area contributed by atoms with Crippen LogP contribution >= 0.6 is 0 Å². The molecular formula is C9H12N2O2. The summed E-state index contributed by atoms with van der Waals surface area (Å²) in [5.41, 5.74) is 12.2. The molecule has 1 aromatic carbocycles. The average Bonchev–Trinajstić information content (AvgIpc) is 2.07. The minimum Gasteiger partial charge on any atom is -0.484 e. The van der Waals surface area contributed by atoms with Gasteiger partial charge in [-0.2, -0.15) is 0 Å². The molecule has 0 heterocycles. The molecule has 0 aromatic heterocycles. The molecule has 4 heteroatoms. The number of anilines is 1. The lowest BCUT2D eigenvalue weighted by molar-refractivity contribution is -0.119. The third-order valence-corrected chi connectivity index (χ3v) is 1.63. The van der Waals surface area contributed by atoms with E-state index in [1.807, 2.05) is 13.0 Å². The minimum atomic E-state index is -0.501. The van der Waals surface area contributed by atoms with Gasteiger partial charge in [-0.25, -0.2) is 0 Å². The Kier molecular flexibility index (Phi) is 2.74. The quantitative estimate of drug-likeness (QED) is 0.662. The molecule has 70 valence electrons. The fourth-order valence-electron chi connectivity index (χ4n) is 0.863. The number of benzene rings is 1. The molecule has 1 amide bonds. The van der Waals surface area contributed by atoms with Gasteiger partial charge in [0.15, 0.2) is 6.61 Å². The zero-order valence-corrected chi connectivity index (χ0v) is 7.41. The van der Waals surface area contributed by atoms with Gasteiger partial charge in [-0.1, -0.05) is 6.07 Å². The van der Waals surface area contributed by atoms with Crippen molar-refractivity contribution in [3.63, 3.8) is 0 Å². The first kappa shape index (κ1) is 9.38.